The second-order valence-electron chi connectivity index (χ2n) is 10.6. The summed E-state index contributed by atoms with van der Waals surface area (Å²) in [7, 11) is 0. The minimum Gasteiger partial charge on any atom is -0.0826 e. The lowest BCUT2D eigenvalue weighted by Gasteiger charge is -2.47. The number of hydrogen-bond acceptors (Lipinski definition) is 0. The molecule has 0 spiro atoms. The molecule has 0 heterocycles. The monoisotopic (exact) mass is 462 g/mol. The van der Waals surface area contributed by atoms with Crippen molar-refractivity contribution in [2.45, 2.75) is 86.9 Å². The van der Waals surface area contributed by atoms with Gasteiger partial charge in [-0.25, -0.2) is 0 Å². The summed E-state index contributed by atoms with van der Waals surface area (Å²) in [6, 6.07) is 9.40. The van der Waals surface area contributed by atoms with Crippen molar-refractivity contribution in [1.82, 2.24) is 0 Å². The van der Waals surface area contributed by atoms with E-state index in [1.54, 1.807) is 30.4 Å². The van der Waals surface area contributed by atoms with Gasteiger partial charge in [0.15, 0.2) is 0 Å². The first-order valence-corrected chi connectivity index (χ1v) is 12.5. The Morgan fingerprint density at radius 3 is 2.19 bits per heavy atom. The minimum absolute atomic E-state index is 0.385. The zero-order chi connectivity index (χ0) is 17.9. The molecule has 0 aliphatic heterocycles. The Bertz CT molecular complexity index is 662. The molecule has 1 aromatic carbocycles. The molecule has 4 aliphatic rings. The van der Waals surface area contributed by atoms with Crippen molar-refractivity contribution in [2.24, 2.45) is 29.6 Å². The second kappa shape index (κ2) is 6.78. The number of halogens is 1. The van der Waals surface area contributed by atoms with Gasteiger partial charge in [0.05, 0.1) is 0 Å². The van der Waals surface area contributed by atoms with Gasteiger partial charge in [-0.1, -0.05) is 60.7 Å². The van der Waals surface area contributed by atoms with Gasteiger partial charge in [-0.05, 0) is 110 Å². The Morgan fingerprint density at radius 2 is 1.38 bits per heavy atom. The van der Waals surface area contributed by atoms with Crippen LogP contribution in [-0.4, -0.2) is 3.92 Å². The normalized spacial score (nSPS) is 44.0. The van der Waals surface area contributed by atoms with Gasteiger partial charge in [0, 0.05) is 3.92 Å². The van der Waals surface area contributed by atoms with Gasteiger partial charge >= 0.3 is 0 Å². The zero-order valence-corrected chi connectivity index (χ0v) is 18.8. The molecule has 0 radical (unpaired) electrons. The molecule has 1 aromatic rings. The minimum atomic E-state index is 0.385. The smallest absolute Gasteiger partial charge is 0.0112 e. The molecule has 6 unspecified atom stereocenters. The van der Waals surface area contributed by atoms with Crippen LogP contribution in [0, 0.1) is 29.6 Å². The van der Waals surface area contributed by atoms with Crippen molar-refractivity contribution in [3.63, 3.8) is 0 Å². The van der Waals surface area contributed by atoms with Crippen molar-refractivity contribution >= 4 is 22.6 Å². The summed E-state index contributed by atoms with van der Waals surface area (Å²) in [5.74, 6) is 5.95. The van der Waals surface area contributed by atoms with Crippen LogP contribution in [0.25, 0.3) is 0 Å². The third kappa shape index (κ3) is 2.90. The Balaban J connectivity index is 1.31. The van der Waals surface area contributed by atoms with Gasteiger partial charge in [-0.3, -0.25) is 0 Å². The maximum Gasteiger partial charge on any atom is 0.0112 e. The summed E-state index contributed by atoms with van der Waals surface area (Å²) >= 11 is 2.72. The van der Waals surface area contributed by atoms with Crippen LogP contribution in [0.4, 0.5) is 0 Å². The van der Waals surface area contributed by atoms with Crippen LogP contribution in [0.2, 0.25) is 0 Å². The van der Waals surface area contributed by atoms with Gasteiger partial charge in [0.2, 0.25) is 0 Å². The van der Waals surface area contributed by atoms with E-state index in [1.165, 1.54) is 38.5 Å². The van der Waals surface area contributed by atoms with E-state index in [2.05, 4.69) is 60.7 Å². The lowest BCUT2D eigenvalue weighted by atomic mass is 9.59. The Morgan fingerprint density at radius 1 is 0.769 bits per heavy atom. The predicted molar refractivity (Wildman–Crippen MR) is 119 cm³/mol. The molecule has 0 nitrogen and oxygen atoms in total. The highest BCUT2D eigenvalue weighted by molar-refractivity contribution is 14.1. The van der Waals surface area contributed by atoms with Crippen molar-refractivity contribution in [3.8, 4) is 0 Å². The predicted octanol–water partition coefficient (Wildman–Crippen LogP) is 7.50. The molecule has 0 bridgehead atoms. The number of fused-ring (bicyclic) bond motifs is 4. The molecule has 7 atom stereocenters. The molecule has 142 valence electrons. The van der Waals surface area contributed by atoms with Crippen LogP contribution in [-0.2, 0) is 5.41 Å². The fourth-order valence-electron chi connectivity index (χ4n) is 7.70. The topological polar surface area (TPSA) is 0 Å². The Hall–Kier alpha value is -0.0500. The first-order chi connectivity index (χ1) is 12.5. The first-order valence-electron chi connectivity index (χ1n) is 11.3. The van der Waals surface area contributed by atoms with Crippen molar-refractivity contribution in [2.75, 3.05) is 0 Å². The molecule has 0 amide bonds. The molecular weight excluding hydrogens is 427 g/mol. The van der Waals surface area contributed by atoms with E-state index in [9.17, 15) is 0 Å². The summed E-state index contributed by atoms with van der Waals surface area (Å²) in [5, 5.41) is 0. The highest BCUT2D eigenvalue weighted by Crippen LogP contribution is 2.59. The van der Waals surface area contributed by atoms with Crippen molar-refractivity contribution in [1.29, 1.82) is 0 Å². The maximum absolute atomic E-state index is 2.72. The van der Waals surface area contributed by atoms with Crippen LogP contribution < -0.4 is 0 Å². The van der Waals surface area contributed by atoms with Gasteiger partial charge < -0.3 is 0 Å². The van der Waals surface area contributed by atoms with E-state index >= 15 is 0 Å². The van der Waals surface area contributed by atoms with Crippen molar-refractivity contribution in [3.05, 3.63) is 35.4 Å². The fourth-order valence-corrected chi connectivity index (χ4v) is 8.72. The fraction of sp³-hybridized carbons (Fsp3) is 0.760. The largest absolute Gasteiger partial charge is 0.0826 e. The molecule has 0 N–H and O–H groups in total. The molecule has 26 heavy (non-hydrogen) atoms. The maximum atomic E-state index is 2.72. The number of hydrogen-bond donors (Lipinski definition) is 0. The van der Waals surface area contributed by atoms with Gasteiger partial charge in [-0.2, -0.15) is 0 Å². The van der Waals surface area contributed by atoms with Gasteiger partial charge in [0.1, 0.15) is 0 Å². The average molecular weight is 462 g/mol. The molecular formula is C25H35I. The van der Waals surface area contributed by atoms with E-state index in [4.69, 9.17) is 0 Å². The van der Waals surface area contributed by atoms with Crippen molar-refractivity contribution < 1.29 is 0 Å². The molecule has 5 rings (SSSR count). The standard InChI is InChI=1S/C25H35I/c1-25(2)23-6-4-3-5-21(23)22-12-10-19(15-24(22)25)16-7-8-18-14-20(26)11-9-17(18)13-16/h3-6,16-20,22,24H,7-15H2,1-2H3/t16?,17?,18?,19-,20?,22?,24?/m1/s1. The number of benzene rings is 1. The van der Waals surface area contributed by atoms with Crippen LogP contribution >= 0.6 is 22.6 Å². The highest BCUT2D eigenvalue weighted by Gasteiger charge is 2.50. The lowest BCUT2D eigenvalue weighted by Crippen LogP contribution is -2.38. The summed E-state index contributed by atoms with van der Waals surface area (Å²) < 4.78 is 0.971. The SMILES string of the molecule is CC1(C)c2ccccc2C2CC[C@@H](C3CCC4CC(I)CCC4C3)CC21. The van der Waals surface area contributed by atoms with Crippen LogP contribution in [0.15, 0.2) is 24.3 Å². The summed E-state index contributed by atoms with van der Waals surface area (Å²) in [6.45, 7) is 5.08. The van der Waals surface area contributed by atoms with Gasteiger partial charge in [-0.15, -0.1) is 0 Å². The van der Waals surface area contributed by atoms with E-state index in [-0.39, 0.29) is 0 Å². The zero-order valence-electron chi connectivity index (χ0n) is 16.6. The molecule has 1 heteroatoms. The quantitative estimate of drug-likeness (QED) is 0.300. The Kier molecular flexibility index (Phi) is 4.69. The Labute approximate surface area is 174 Å². The summed E-state index contributed by atoms with van der Waals surface area (Å²) in [5.41, 5.74) is 3.75. The molecule has 0 saturated heterocycles. The molecule has 4 aliphatic carbocycles. The highest BCUT2D eigenvalue weighted by atomic mass is 127. The molecule has 3 saturated carbocycles. The van der Waals surface area contributed by atoms with Crippen LogP contribution in [0.3, 0.4) is 0 Å². The number of alkyl halides is 1. The average Bonchev–Trinajstić information content (AvgIpc) is 2.89. The van der Waals surface area contributed by atoms with E-state index in [0.717, 1.165) is 39.4 Å². The lowest BCUT2D eigenvalue weighted by molar-refractivity contribution is 0.0636. The van der Waals surface area contributed by atoms with E-state index in [0.29, 0.717) is 5.41 Å². The third-order valence-corrected chi connectivity index (χ3v) is 10.3. The van der Waals surface area contributed by atoms with E-state index in [1.807, 2.05) is 0 Å². The number of rotatable bonds is 1. The van der Waals surface area contributed by atoms with Crippen LogP contribution in [0.1, 0.15) is 88.7 Å². The first kappa shape index (κ1) is 18.0. The summed E-state index contributed by atoms with van der Waals surface area (Å²) in [4.78, 5) is 0. The van der Waals surface area contributed by atoms with E-state index < -0.39 is 0 Å². The van der Waals surface area contributed by atoms with Gasteiger partial charge in [0.25, 0.3) is 0 Å². The van der Waals surface area contributed by atoms with Crippen LogP contribution in [0.5, 0.6) is 0 Å². The molecule has 0 aromatic heterocycles. The third-order valence-electron chi connectivity index (χ3n) is 9.13. The summed E-state index contributed by atoms with van der Waals surface area (Å²) in [6.07, 6.45) is 13.7. The second-order valence-corrected chi connectivity index (χ2v) is 12.4. The molecule has 3 fully saturated rings.